The largest absolute Gasteiger partial charge is 0.484 e. The van der Waals surface area contributed by atoms with Crippen LogP contribution >= 0.6 is 0 Å². The first kappa shape index (κ1) is 21.4. The van der Waals surface area contributed by atoms with E-state index >= 15 is 0 Å². The molecule has 1 aromatic heterocycles. The minimum absolute atomic E-state index is 0.0198. The number of carbonyl (C=O) groups is 2. The van der Waals surface area contributed by atoms with Gasteiger partial charge in [0.1, 0.15) is 23.7 Å². The zero-order chi connectivity index (χ0) is 23.5. The number of hydrogen-bond donors (Lipinski definition) is 1. The lowest BCUT2D eigenvalue weighted by Gasteiger charge is -2.27. The van der Waals surface area contributed by atoms with Crippen molar-refractivity contribution in [2.45, 2.75) is 18.6 Å². The van der Waals surface area contributed by atoms with Crippen molar-refractivity contribution >= 4 is 11.7 Å². The van der Waals surface area contributed by atoms with E-state index in [1.165, 1.54) is 0 Å². The van der Waals surface area contributed by atoms with Crippen LogP contribution in [0.1, 0.15) is 56.0 Å². The van der Waals surface area contributed by atoms with E-state index in [-0.39, 0.29) is 18.3 Å². The van der Waals surface area contributed by atoms with Crippen molar-refractivity contribution in [1.82, 2.24) is 4.98 Å². The maximum atomic E-state index is 12.8. The van der Waals surface area contributed by atoms with Crippen LogP contribution < -0.4 is 15.2 Å². The van der Waals surface area contributed by atoms with Gasteiger partial charge in [-0.1, -0.05) is 48.5 Å². The molecule has 0 radical (unpaired) electrons. The van der Waals surface area contributed by atoms with Gasteiger partial charge in [-0.15, -0.1) is 0 Å². The third kappa shape index (κ3) is 4.26. The summed E-state index contributed by atoms with van der Waals surface area (Å²) < 4.78 is 12.6. The Morgan fingerprint density at radius 2 is 1.71 bits per heavy atom. The summed E-state index contributed by atoms with van der Waals surface area (Å²) in [6.07, 6.45) is 2.63. The van der Waals surface area contributed by atoms with E-state index in [1.54, 1.807) is 42.7 Å². The Morgan fingerprint density at radius 1 is 0.971 bits per heavy atom. The molecule has 1 unspecified atom stereocenters. The molecule has 2 heterocycles. The van der Waals surface area contributed by atoms with Crippen molar-refractivity contribution < 1.29 is 19.1 Å². The number of ketones is 1. The second kappa shape index (κ2) is 9.19. The van der Waals surface area contributed by atoms with Crippen LogP contribution in [0.3, 0.4) is 0 Å². The smallest absolute Gasteiger partial charge is 0.249 e. The summed E-state index contributed by atoms with van der Waals surface area (Å²) in [4.78, 5) is 29.0. The first-order valence-corrected chi connectivity index (χ1v) is 10.9. The summed E-state index contributed by atoms with van der Waals surface area (Å²) in [6.45, 7) is 0. The van der Waals surface area contributed by atoms with E-state index in [9.17, 15) is 9.59 Å². The van der Waals surface area contributed by atoms with Crippen molar-refractivity contribution in [3.63, 3.8) is 0 Å². The standard InChI is InChI=1S/C28H22N2O4/c29-28(32)22-9-5-4-8-21(22)27(19-12-14-30-15-13-19)33-20-10-11-23-24(31)17-25(34-26(23)16-20)18-6-2-1-3-7-18/h1-16,25,27H,17H2,(H2,29,32)/t25?,27-/m1/s1. The predicted molar refractivity (Wildman–Crippen MR) is 127 cm³/mol. The van der Waals surface area contributed by atoms with Crippen molar-refractivity contribution in [2.75, 3.05) is 0 Å². The van der Waals surface area contributed by atoms with Gasteiger partial charge in [0.2, 0.25) is 5.91 Å². The first-order valence-electron chi connectivity index (χ1n) is 10.9. The summed E-state index contributed by atoms with van der Waals surface area (Å²) in [6, 6.07) is 25.6. The monoisotopic (exact) mass is 450 g/mol. The highest BCUT2D eigenvalue weighted by molar-refractivity contribution is 6.00. The number of fused-ring (bicyclic) bond motifs is 1. The minimum atomic E-state index is -0.617. The molecule has 2 atom stereocenters. The third-order valence-electron chi connectivity index (χ3n) is 5.84. The number of aromatic nitrogens is 1. The molecule has 0 spiro atoms. The van der Waals surface area contributed by atoms with Crippen LogP contribution in [0.2, 0.25) is 0 Å². The highest BCUT2D eigenvalue weighted by Gasteiger charge is 2.29. The maximum absolute atomic E-state index is 12.8. The Kier molecular flexibility index (Phi) is 5.79. The fourth-order valence-electron chi connectivity index (χ4n) is 4.17. The Bertz CT molecular complexity index is 1340. The minimum Gasteiger partial charge on any atom is -0.484 e. The van der Waals surface area contributed by atoms with Gasteiger partial charge >= 0.3 is 0 Å². The van der Waals surface area contributed by atoms with Gasteiger partial charge in [-0.3, -0.25) is 14.6 Å². The van der Waals surface area contributed by atoms with Crippen LogP contribution in [0.4, 0.5) is 0 Å². The second-order valence-corrected chi connectivity index (χ2v) is 8.03. The quantitative estimate of drug-likeness (QED) is 0.444. The topological polar surface area (TPSA) is 91.5 Å². The van der Waals surface area contributed by atoms with Gasteiger partial charge in [0.05, 0.1) is 12.0 Å². The second-order valence-electron chi connectivity index (χ2n) is 8.03. The molecule has 1 aliphatic heterocycles. The van der Waals surface area contributed by atoms with Crippen molar-refractivity contribution in [3.8, 4) is 11.5 Å². The summed E-state index contributed by atoms with van der Waals surface area (Å²) in [5.74, 6) is 0.454. The highest BCUT2D eigenvalue weighted by Crippen LogP contribution is 2.39. The summed E-state index contributed by atoms with van der Waals surface area (Å²) in [7, 11) is 0. The molecule has 168 valence electrons. The van der Waals surface area contributed by atoms with E-state index in [2.05, 4.69) is 4.98 Å². The molecule has 3 aromatic carbocycles. The van der Waals surface area contributed by atoms with Crippen LogP contribution in [-0.2, 0) is 0 Å². The molecule has 6 nitrogen and oxygen atoms in total. The SMILES string of the molecule is NC(=O)c1ccccc1[C@H](Oc1ccc2c(c1)OC(c1ccccc1)CC2=O)c1ccncc1. The molecule has 0 bridgehead atoms. The number of amides is 1. The molecule has 1 aliphatic rings. The van der Waals surface area contributed by atoms with E-state index in [4.69, 9.17) is 15.2 Å². The molecule has 4 aromatic rings. The number of Topliss-reactive ketones (excluding diaryl/α,β-unsaturated/α-hetero) is 1. The summed E-state index contributed by atoms with van der Waals surface area (Å²) in [5.41, 5.74) is 8.92. The van der Waals surface area contributed by atoms with Crippen LogP contribution in [-0.4, -0.2) is 16.7 Å². The van der Waals surface area contributed by atoms with E-state index < -0.39 is 12.0 Å². The van der Waals surface area contributed by atoms with Gasteiger partial charge in [-0.25, -0.2) is 0 Å². The number of primary amides is 1. The van der Waals surface area contributed by atoms with Crippen LogP contribution in [0, 0.1) is 0 Å². The van der Waals surface area contributed by atoms with Crippen LogP contribution in [0.5, 0.6) is 11.5 Å². The van der Waals surface area contributed by atoms with Crippen molar-refractivity contribution in [2.24, 2.45) is 5.73 Å². The molecular formula is C28H22N2O4. The Balaban J connectivity index is 1.51. The summed E-state index contributed by atoms with van der Waals surface area (Å²) >= 11 is 0. The van der Waals surface area contributed by atoms with Crippen molar-refractivity contribution in [3.05, 3.63) is 125 Å². The number of benzene rings is 3. The number of rotatable bonds is 6. The molecule has 0 saturated heterocycles. The number of hydrogen-bond acceptors (Lipinski definition) is 5. The van der Waals surface area contributed by atoms with Gasteiger partial charge < -0.3 is 15.2 Å². The van der Waals surface area contributed by atoms with Gasteiger partial charge in [0, 0.05) is 29.6 Å². The van der Waals surface area contributed by atoms with Crippen LogP contribution in [0.15, 0.2) is 97.3 Å². The van der Waals surface area contributed by atoms with Gasteiger partial charge in [-0.05, 0) is 41.5 Å². The lowest BCUT2D eigenvalue weighted by Crippen LogP contribution is -2.21. The van der Waals surface area contributed by atoms with Gasteiger partial charge in [-0.2, -0.15) is 0 Å². The number of carbonyl (C=O) groups excluding carboxylic acids is 2. The molecule has 34 heavy (non-hydrogen) atoms. The van der Waals surface area contributed by atoms with E-state index in [1.807, 2.05) is 54.6 Å². The molecule has 0 aliphatic carbocycles. The maximum Gasteiger partial charge on any atom is 0.249 e. The van der Waals surface area contributed by atoms with Gasteiger partial charge in [0.15, 0.2) is 5.78 Å². The van der Waals surface area contributed by atoms with Crippen LogP contribution in [0.25, 0.3) is 0 Å². The first-order chi connectivity index (χ1) is 16.6. The molecule has 0 fully saturated rings. The molecule has 5 rings (SSSR count). The number of pyridine rings is 1. The summed E-state index contributed by atoms with van der Waals surface area (Å²) in [5, 5.41) is 0. The third-order valence-corrected chi connectivity index (χ3v) is 5.84. The molecular weight excluding hydrogens is 428 g/mol. The van der Waals surface area contributed by atoms with Crippen molar-refractivity contribution in [1.29, 1.82) is 0 Å². The zero-order valence-electron chi connectivity index (χ0n) is 18.3. The fourth-order valence-corrected chi connectivity index (χ4v) is 4.17. The predicted octanol–water partition coefficient (Wildman–Crippen LogP) is 5.06. The lowest BCUT2D eigenvalue weighted by molar-refractivity contribution is 0.0848. The Labute approximate surface area is 197 Å². The number of nitrogens with two attached hydrogens (primary N) is 1. The molecule has 0 saturated carbocycles. The highest BCUT2D eigenvalue weighted by atomic mass is 16.5. The lowest BCUT2D eigenvalue weighted by atomic mass is 9.95. The number of nitrogens with zero attached hydrogens (tertiary/aromatic N) is 1. The van der Waals surface area contributed by atoms with E-state index in [0.29, 0.717) is 28.2 Å². The fraction of sp³-hybridized carbons (Fsp3) is 0.107. The Morgan fingerprint density at radius 3 is 2.47 bits per heavy atom. The molecule has 6 heteroatoms. The molecule has 1 amide bonds. The average molecular weight is 450 g/mol. The average Bonchev–Trinajstić information content (AvgIpc) is 2.88. The zero-order valence-corrected chi connectivity index (χ0v) is 18.3. The van der Waals surface area contributed by atoms with Gasteiger partial charge in [0.25, 0.3) is 0 Å². The number of ether oxygens (including phenoxy) is 2. The Hall–Kier alpha value is -4.45. The normalized spacial score (nSPS) is 15.6. The van der Waals surface area contributed by atoms with E-state index in [0.717, 1.165) is 11.1 Å². The molecule has 2 N–H and O–H groups in total.